The van der Waals surface area contributed by atoms with Crippen molar-refractivity contribution in [3.05, 3.63) is 65.7 Å². The highest BCUT2D eigenvalue weighted by Crippen LogP contribution is 2.38. The number of hydrogen-bond acceptors (Lipinski definition) is 1. The average molecular weight is 262 g/mol. The Morgan fingerprint density at radius 2 is 1.55 bits per heavy atom. The van der Waals surface area contributed by atoms with Gasteiger partial charge in [-0.25, -0.2) is 0 Å². The van der Waals surface area contributed by atoms with Gasteiger partial charge in [0, 0.05) is 10.9 Å². The molecule has 20 heavy (non-hydrogen) atoms. The summed E-state index contributed by atoms with van der Waals surface area (Å²) in [6.45, 7) is 4.31. The fourth-order valence-electron chi connectivity index (χ4n) is 2.72. The third-order valence-electron chi connectivity index (χ3n) is 3.98. The van der Waals surface area contributed by atoms with Crippen LogP contribution in [0, 0.1) is 13.8 Å². The minimum absolute atomic E-state index is 0.955. The van der Waals surface area contributed by atoms with Crippen molar-refractivity contribution >= 4 is 10.8 Å². The Labute approximate surface area is 119 Å². The van der Waals surface area contributed by atoms with Gasteiger partial charge in [-0.3, -0.25) is 0 Å². The molecule has 1 nitrogen and oxygen atoms in total. The maximum Gasteiger partial charge on any atom is 0.134 e. The van der Waals surface area contributed by atoms with Crippen LogP contribution >= 0.6 is 0 Å². The largest absolute Gasteiger partial charge is 0.495 e. The van der Waals surface area contributed by atoms with Gasteiger partial charge in [-0.05, 0) is 35.9 Å². The number of fused-ring (bicyclic) bond motifs is 1. The van der Waals surface area contributed by atoms with E-state index >= 15 is 0 Å². The van der Waals surface area contributed by atoms with E-state index in [0.29, 0.717) is 0 Å². The van der Waals surface area contributed by atoms with Gasteiger partial charge in [-0.15, -0.1) is 0 Å². The van der Waals surface area contributed by atoms with Gasteiger partial charge in [0.25, 0.3) is 0 Å². The van der Waals surface area contributed by atoms with E-state index in [-0.39, 0.29) is 0 Å². The minimum Gasteiger partial charge on any atom is -0.495 e. The van der Waals surface area contributed by atoms with Gasteiger partial charge in [0.2, 0.25) is 0 Å². The second-order valence-electron chi connectivity index (χ2n) is 5.11. The van der Waals surface area contributed by atoms with Crippen LogP contribution in [0.25, 0.3) is 21.9 Å². The Bertz CT molecular complexity index is 772. The first-order chi connectivity index (χ1) is 9.72. The van der Waals surface area contributed by atoms with Crippen LogP contribution in [-0.2, 0) is 0 Å². The van der Waals surface area contributed by atoms with Crippen molar-refractivity contribution in [2.75, 3.05) is 7.11 Å². The topological polar surface area (TPSA) is 9.23 Å². The quantitative estimate of drug-likeness (QED) is 0.622. The first-order valence-corrected chi connectivity index (χ1v) is 6.84. The minimum atomic E-state index is 0.955. The predicted octanol–water partition coefficient (Wildman–Crippen LogP) is 5.13. The van der Waals surface area contributed by atoms with Crippen molar-refractivity contribution in [3.63, 3.8) is 0 Å². The Kier molecular flexibility index (Phi) is 3.19. The molecular formula is C19H18O. The Balaban J connectivity index is 2.34. The van der Waals surface area contributed by atoms with Gasteiger partial charge < -0.3 is 4.74 Å². The molecule has 0 unspecified atom stereocenters. The van der Waals surface area contributed by atoms with Crippen molar-refractivity contribution in [3.8, 4) is 16.9 Å². The second kappa shape index (κ2) is 5.01. The summed E-state index contributed by atoms with van der Waals surface area (Å²) in [7, 11) is 1.75. The second-order valence-corrected chi connectivity index (χ2v) is 5.11. The smallest absolute Gasteiger partial charge is 0.134 e. The van der Waals surface area contributed by atoms with Crippen LogP contribution in [-0.4, -0.2) is 7.11 Å². The normalized spacial score (nSPS) is 10.8. The summed E-state index contributed by atoms with van der Waals surface area (Å²) in [6, 6.07) is 19.1. The standard InChI is InChI=1S/C19H18O/c1-13-7-6-10-16(14(13)2)18-12-11-15-8-4-5-9-17(15)19(18)20-3/h4-12H,1-3H3. The lowest BCUT2D eigenvalue weighted by Crippen LogP contribution is -1.93. The van der Waals surface area contributed by atoms with Gasteiger partial charge >= 0.3 is 0 Å². The van der Waals surface area contributed by atoms with Crippen molar-refractivity contribution in [1.82, 2.24) is 0 Å². The summed E-state index contributed by atoms with van der Waals surface area (Å²) in [4.78, 5) is 0. The first kappa shape index (κ1) is 12.7. The van der Waals surface area contributed by atoms with E-state index in [0.717, 1.165) is 16.7 Å². The molecule has 0 fully saturated rings. The summed E-state index contributed by atoms with van der Waals surface area (Å²) in [5.41, 5.74) is 5.01. The van der Waals surface area contributed by atoms with Crippen molar-refractivity contribution in [1.29, 1.82) is 0 Å². The van der Waals surface area contributed by atoms with Gasteiger partial charge in [0.1, 0.15) is 5.75 Å². The molecule has 0 aliphatic rings. The average Bonchev–Trinajstić information content (AvgIpc) is 2.49. The Hall–Kier alpha value is -2.28. The lowest BCUT2D eigenvalue weighted by Gasteiger charge is -2.15. The van der Waals surface area contributed by atoms with Gasteiger partial charge in [-0.2, -0.15) is 0 Å². The number of methoxy groups -OCH3 is 1. The van der Waals surface area contributed by atoms with Crippen LogP contribution in [0.1, 0.15) is 11.1 Å². The molecule has 0 N–H and O–H groups in total. The van der Waals surface area contributed by atoms with Crippen molar-refractivity contribution in [2.45, 2.75) is 13.8 Å². The Morgan fingerprint density at radius 3 is 2.35 bits per heavy atom. The molecule has 3 rings (SSSR count). The highest BCUT2D eigenvalue weighted by atomic mass is 16.5. The predicted molar refractivity (Wildman–Crippen MR) is 85.4 cm³/mol. The highest BCUT2D eigenvalue weighted by molar-refractivity contribution is 5.95. The zero-order valence-electron chi connectivity index (χ0n) is 12.1. The molecular weight excluding hydrogens is 244 g/mol. The third-order valence-corrected chi connectivity index (χ3v) is 3.98. The van der Waals surface area contributed by atoms with Gasteiger partial charge in [0.05, 0.1) is 7.11 Å². The molecule has 0 aliphatic carbocycles. The van der Waals surface area contributed by atoms with E-state index in [1.807, 2.05) is 0 Å². The summed E-state index contributed by atoms with van der Waals surface area (Å²) >= 11 is 0. The Morgan fingerprint density at radius 1 is 0.750 bits per heavy atom. The SMILES string of the molecule is COc1c(-c2cccc(C)c2C)ccc2ccccc12. The van der Waals surface area contributed by atoms with E-state index in [1.54, 1.807) is 7.11 Å². The molecule has 0 amide bonds. The maximum atomic E-state index is 5.71. The molecule has 0 heterocycles. The highest BCUT2D eigenvalue weighted by Gasteiger charge is 2.12. The molecule has 0 saturated carbocycles. The molecule has 0 saturated heterocycles. The van der Waals surface area contributed by atoms with Crippen LogP contribution in [0.2, 0.25) is 0 Å². The van der Waals surface area contributed by atoms with E-state index in [9.17, 15) is 0 Å². The molecule has 3 aromatic rings. The lowest BCUT2D eigenvalue weighted by atomic mass is 9.94. The third kappa shape index (κ3) is 1.96. The van der Waals surface area contributed by atoms with E-state index in [1.165, 1.54) is 22.1 Å². The number of rotatable bonds is 2. The van der Waals surface area contributed by atoms with E-state index < -0.39 is 0 Å². The maximum absolute atomic E-state index is 5.71. The molecule has 1 heteroatoms. The van der Waals surface area contributed by atoms with Crippen LogP contribution in [0.15, 0.2) is 54.6 Å². The first-order valence-electron chi connectivity index (χ1n) is 6.84. The summed E-state index contributed by atoms with van der Waals surface area (Å²) < 4.78 is 5.71. The summed E-state index contributed by atoms with van der Waals surface area (Å²) in [5, 5.41) is 2.37. The molecule has 0 spiro atoms. The van der Waals surface area contributed by atoms with Gasteiger partial charge in [-0.1, -0.05) is 54.6 Å². The fourth-order valence-corrected chi connectivity index (χ4v) is 2.72. The fraction of sp³-hybridized carbons (Fsp3) is 0.158. The van der Waals surface area contributed by atoms with Crippen molar-refractivity contribution in [2.24, 2.45) is 0 Å². The van der Waals surface area contributed by atoms with Crippen LogP contribution in [0.5, 0.6) is 5.75 Å². The lowest BCUT2D eigenvalue weighted by molar-refractivity contribution is 0.421. The number of ether oxygens (including phenoxy) is 1. The molecule has 0 radical (unpaired) electrons. The molecule has 0 aliphatic heterocycles. The van der Waals surface area contributed by atoms with Crippen LogP contribution < -0.4 is 4.74 Å². The molecule has 100 valence electrons. The number of aryl methyl sites for hydroxylation is 1. The number of benzene rings is 3. The van der Waals surface area contributed by atoms with E-state index in [2.05, 4.69) is 68.4 Å². The monoisotopic (exact) mass is 262 g/mol. The van der Waals surface area contributed by atoms with Gasteiger partial charge in [0.15, 0.2) is 0 Å². The summed E-state index contributed by atoms with van der Waals surface area (Å²) in [5.74, 6) is 0.955. The van der Waals surface area contributed by atoms with Crippen LogP contribution in [0.4, 0.5) is 0 Å². The molecule has 3 aromatic carbocycles. The number of hydrogen-bond donors (Lipinski definition) is 0. The molecule has 0 bridgehead atoms. The van der Waals surface area contributed by atoms with Crippen LogP contribution in [0.3, 0.4) is 0 Å². The molecule has 0 atom stereocenters. The zero-order valence-corrected chi connectivity index (χ0v) is 12.1. The molecule has 0 aromatic heterocycles. The van der Waals surface area contributed by atoms with E-state index in [4.69, 9.17) is 4.74 Å². The zero-order chi connectivity index (χ0) is 14.1. The van der Waals surface area contributed by atoms with Crippen molar-refractivity contribution < 1.29 is 4.74 Å². The summed E-state index contributed by atoms with van der Waals surface area (Å²) in [6.07, 6.45) is 0.